The van der Waals surface area contributed by atoms with Gasteiger partial charge in [-0.2, -0.15) is 0 Å². The van der Waals surface area contributed by atoms with Crippen molar-refractivity contribution in [2.45, 2.75) is 0 Å². The molecule has 0 fully saturated rings. The van der Waals surface area contributed by atoms with Gasteiger partial charge in [0, 0.05) is 0 Å². The monoisotopic (exact) mass is 170 g/mol. The Labute approximate surface area is 50.3 Å². The van der Waals surface area contributed by atoms with Crippen LogP contribution < -0.4 is 0 Å². The third-order valence-electron chi connectivity index (χ3n) is 0. The number of hydrogen-bond donors (Lipinski definition) is 0. The molecule has 0 aliphatic carbocycles. The molecule has 0 atom stereocenters. The Morgan fingerprint density at radius 1 is 0.429 bits per heavy atom. The Morgan fingerprint density at radius 3 is 0.429 bits per heavy atom. The predicted molar refractivity (Wildman–Crippen MR) is 26.7 cm³/mol. The van der Waals surface area contributed by atoms with Crippen LogP contribution in [0.1, 0.15) is 0 Å². The molecule has 0 radical (unpaired) electrons. The summed E-state index contributed by atoms with van der Waals surface area (Å²) in [5, 5.41) is 0. The molecule has 0 aromatic rings. The molecule has 0 unspecified atom stereocenters. The molecule has 0 saturated heterocycles. The minimum atomic E-state index is 0. The van der Waals surface area contributed by atoms with Gasteiger partial charge < -0.3 is 32.9 Å². The van der Waals surface area contributed by atoms with Gasteiger partial charge in [-0.15, -0.1) is 0 Å². The average Bonchev–Trinajstić information content (AvgIpc) is 0. The smallest absolute Gasteiger partial charge is 0.457 e. The van der Waals surface area contributed by atoms with Crippen LogP contribution in [0.3, 0.4) is 0 Å². The summed E-state index contributed by atoms with van der Waals surface area (Å²) in [6.45, 7) is 0. The van der Waals surface area contributed by atoms with Crippen LogP contribution in [0.5, 0.6) is 0 Å². The topological polar surface area (TPSA) is 195 Å². The Hall–Kier alpha value is 0.254. The van der Waals surface area contributed by atoms with Crippen LogP contribution in [0.4, 0.5) is 0 Å². The van der Waals surface area contributed by atoms with E-state index in [0.29, 0.717) is 0 Å². The van der Waals surface area contributed by atoms with Crippen molar-refractivity contribution in [3.05, 3.63) is 0 Å². The summed E-state index contributed by atoms with van der Waals surface area (Å²) < 4.78 is 0. The molecule has 0 rings (SSSR count). The number of hydrogen-bond acceptors (Lipinski definition) is 0. The van der Waals surface area contributed by atoms with Gasteiger partial charge >= 0.3 is 16.5 Å². The quantitative estimate of drug-likeness (QED) is 0.248. The molecule has 7 heteroatoms. The molecule has 6 nitrogen and oxygen atoms in total. The summed E-state index contributed by atoms with van der Waals surface area (Å²) in [5.74, 6) is 0. The third kappa shape index (κ3) is 1760. The van der Waals surface area contributed by atoms with Gasteiger partial charge in [0.05, 0.1) is 0 Å². The molecule has 0 amide bonds. The van der Waals surface area contributed by atoms with E-state index in [1.807, 2.05) is 0 Å². The molecule has 0 heterocycles. The molecule has 16 N–H and O–H groups in total. The zero-order chi connectivity index (χ0) is 0. The van der Waals surface area contributed by atoms with E-state index in [-0.39, 0.29) is 49.3 Å². The van der Waals surface area contributed by atoms with Crippen LogP contribution in [-0.2, 0) is 38.4 Å². The molecule has 0 aliphatic rings. The van der Waals surface area contributed by atoms with E-state index in [2.05, 4.69) is 0 Å². The second-order valence-corrected chi connectivity index (χ2v) is 0. The zero-order valence-corrected chi connectivity index (χ0v) is 4.61. The molecule has 0 aromatic heterocycles. The van der Waals surface area contributed by atoms with Crippen LogP contribution in [0, 0.1) is 0 Å². The van der Waals surface area contributed by atoms with E-state index in [0.717, 1.165) is 0 Å². The first-order valence-electron chi connectivity index (χ1n) is 0. The fourth-order valence-corrected chi connectivity index (χ4v) is 0. The van der Waals surface area contributed by atoms with E-state index in [1.54, 1.807) is 0 Å². The summed E-state index contributed by atoms with van der Waals surface area (Å²) in [5.41, 5.74) is 0. The first-order valence-corrected chi connectivity index (χ1v) is 0. The minimum absolute atomic E-state index is 0. The van der Waals surface area contributed by atoms with Crippen LogP contribution >= 0.6 is 0 Å². The van der Waals surface area contributed by atoms with E-state index >= 15 is 0 Å². The van der Waals surface area contributed by atoms with E-state index in [9.17, 15) is 0 Å². The first-order chi connectivity index (χ1) is 0. The Morgan fingerprint density at radius 2 is 0.429 bits per heavy atom. The van der Waals surface area contributed by atoms with Gasteiger partial charge in [-0.25, -0.2) is 0 Å². The van der Waals surface area contributed by atoms with Gasteiger partial charge in [0.2, 0.25) is 0 Å². The summed E-state index contributed by atoms with van der Waals surface area (Å²) in [6, 6.07) is 0. The Kier molecular flexibility index (Phi) is 1690000. The predicted octanol–water partition coefficient (Wildman–Crippen LogP) is -5.34. The van der Waals surface area contributed by atoms with Gasteiger partial charge in [0.15, 0.2) is 0 Å². The largest absolute Gasteiger partial charge is 2.00 e. The van der Waals surface area contributed by atoms with Crippen molar-refractivity contribution >= 4 is 0 Å². The van der Waals surface area contributed by atoms with E-state index in [1.165, 1.54) is 0 Å². The fourth-order valence-electron chi connectivity index (χ4n) is 0. The van der Waals surface area contributed by atoms with Gasteiger partial charge in [0.1, 0.15) is 0 Å². The minimum Gasteiger partial charge on any atom is -0.457 e. The molecule has 0 spiro atoms. The van der Waals surface area contributed by atoms with Gasteiger partial charge in [-0.1, -0.05) is 0 Å². The maximum Gasteiger partial charge on any atom is 2.00 e. The van der Waals surface area contributed by atoms with Crippen molar-refractivity contribution in [2.24, 2.45) is 0 Å². The Bertz CT molecular complexity index is 4.14. The molecule has 0 bridgehead atoms. The third-order valence-corrected chi connectivity index (χ3v) is 0. The standard InChI is InChI=1S/Ni.6H2O/h;6*1H2/q+2;;;;;;/p+4. The summed E-state index contributed by atoms with van der Waals surface area (Å²) in [6.07, 6.45) is 0. The summed E-state index contributed by atoms with van der Waals surface area (Å²) in [7, 11) is 0. The van der Waals surface area contributed by atoms with Crippen molar-refractivity contribution in [2.75, 3.05) is 0 Å². The summed E-state index contributed by atoms with van der Waals surface area (Å²) in [4.78, 5) is 0. The van der Waals surface area contributed by atoms with Crippen molar-refractivity contribution in [3.8, 4) is 0 Å². The van der Waals surface area contributed by atoms with Crippen molar-refractivity contribution in [1.29, 1.82) is 0 Å². The first kappa shape index (κ1) is 4410. The second kappa shape index (κ2) is 2690. The van der Waals surface area contributed by atoms with Crippen LogP contribution in [0.25, 0.3) is 0 Å². The van der Waals surface area contributed by atoms with Crippen molar-refractivity contribution < 1.29 is 49.3 Å². The number of rotatable bonds is 0. The van der Waals surface area contributed by atoms with E-state index < -0.39 is 0 Å². The van der Waals surface area contributed by atoms with Gasteiger partial charge in [0.25, 0.3) is 0 Å². The second-order valence-electron chi connectivity index (χ2n) is 0. The van der Waals surface area contributed by atoms with Crippen LogP contribution in [-0.4, -0.2) is 11.0 Å². The van der Waals surface area contributed by atoms with Crippen LogP contribution in [0.15, 0.2) is 0 Å². The van der Waals surface area contributed by atoms with Crippen molar-refractivity contribution in [3.63, 3.8) is 0 Å². The van der Waals surface area contributed by atoms with Gasteiger partial charge in [-0.3, -0.25) is 0 Å². The van der Waals surface area contributed by atoms with Gasteiger partial charge in [-0.05, 0) is 0 Å². The summed E-state index contributed by atoms with van der Waals surface area (Å²) >= 11 is 0. The molecular weight excluding hydrogens is 155 g/mol. The van der Waals surface area contributed by atoms with Crippen LogP contribution in [0.2, 0.25) is 0 Å². The normalized spacial score (nSPS) is 0. The molecule has 7 heavy (non-hydrogen) atoms. The molecule has 0 saturated carbocycles. The van der Waals surface area contributed by atoms with Crippen molar-refractivity contribution in [1.82, 2.24) is 0 Å². The maximum absolute atomic E-state index is 0. The molecule has 0 aliphatic heterocycles. The zero-order valence-electron chi connectivity index (χ0n) is 3.63. The average molecular weight is 171 g/mol. The SMILES string of the molecule is O.O.[Ni+2].[OH3+].[OH3+].[OH3+].[OH3+]. The molecule has 0 aromatic carbocycles. The molecular formula is H16NiO6+6. The molecule has 56 valence electrons. The Balaban J connectivity index is 0. The van der Waals surface area contributed by atoms with E-state index in [4.69, 9.17) is 0 Å². The maximum atomic E-state index is 0. The fraction of sp³-hybridized carbons (Fsp3) is 0.